The van der Waals surface area contributed by atoms with E-state index in [4.69, 9.17) is 0 Å². The molecule has 1 N–H and O–H groups in total. The lowest BCUT2D eigenvalue weighted by Gasteiger charge is -2.02. The Morgan fingerprint density at radius 1 is 1.53 bits per heavy atom. The number of nitrogens with zero attached hydrogens (tertiary/aromatic N) is 3. The molecule has 0 atom stereocenters. The number of thiazole rings is 1. The molecule has 2 rings (SSSR count). The topological polar surface area (TPSA) is 42.7 Å². The molecule has 0 bridgehead atoms. The number of hydrogen-bond donors (Lipinski definition) is 1. The minimum Gasteiger partial charge on any atom is -0.336 e. The molecule has 0 aromatic carbocycles. The van der Waals surface area contributed by atoms with Crippen LogP contribution in [-0.2, 0) is 13.1 Å². The molecule has 0 aliphatic rings. The first-order valence-corrected chi connectivity index (χ1v) is 5.80. The van der Waals surface area contributed by atoms with Gasteiger partial charge < -0.3 is 9.88 Å². The summed E-state index contributed by atoms with van der Waals surface area (Å²) in [6, 6.07) is 0. The summed E-state index contributed by atoms with van der Waals surface area (Å²) in [5, 5.41) is 6.58. The van der Waals surface area contributed by atoms with Crippen LogP contribution >= 0.6 is 11.3 Å². The van der Waals surface area contributed by atoms with Crippen LogP contribution in [-0.4, -0.2) is 21.1 Å². The molecule has 5 heteroatoms. The van der Waals surface area contributed by atoms with E-state index in [9.17, 15) is 0 Å². The number of aromatic nitrogens is 3. The molecule has 2 aromatic heterocycles. The van der Waals surface area contributed by atoms with E-state index in [2.05, 4.69) is 25.2 Å². The van der Waals surface area contributed by atoms with Gasteiger partial charge in [-0.05, 0) is 6.92 Å². The van der Waals surface area contributed by atoms with Gasteiger partial charge in [-0.1, -0.05) is 0 Å². The van der Waals surface area contributed by atoms with Gasteiger partial charge >= 0.3 is 0 Å². The van der Waals surface area contributed by atoms with Crippen molar-refractivity contribution in [3.63, 3.8) is 0 Å². The van der Waals surface area contributed by atoms with E-state index in [1.165, 1.54) is 0 Å². The molecule has 80 valence electrons. The Morgan fingerprint density at radius 2 is 2.47 bits per heavy atom. The highest BCUT2D eigenvalue weighted by Crippen LogP contribution is 2.07. The highest BCUT2D eigenvalue weighted by Gasteiger charge is 1.97. The van der Waals surface area contributed by atoms with E-state index in [1.54, 1.807) is 17.5 Å². The molecular formula is C10H14N4S. The van der Waals surface area contributed by atoms with E-state index in [0.29, 0.717) is 0 Å². The maximum absolute atomic E-state index is 4.38. The highest BCUT2D eigenvalue weighted by atomic mass is 32.1. The van der Waals surface area contributed by atoms with Gasteiger partial charge in [-0.15, -0.1) is 11.3 Å². The lowest BCUT2D eigenvalue weighted by atomic mass is 10.5. The zero-order chi connectivity index (χ0) is 10.5. The second kappa shape index (κ2) is 5.04. The molecule has 0 fully saturated rings. The van der Waals surface area contributed by atoms with Crippen LogP contribution in [0.1, 0.15) is 10.7 Å². The largest absolute Gasteiger partial charge is 0.336 e. The highest BCUT2D eigenvalue weighted by molar-refractivity contribution is 7.09. The van der Waals surface area contributed by atoms with Gasteiger partial charge in [-0.3, -0.25) is 0 Å². The summed E-state index contributed by atoms with van der Waals surface area (Å²) in [6.45, 7) is 4.76. The van der Waals surface area contributed by atoms with Gasteiger partial charge in [0.25, 0.3) is 0 Å². The predicted octanol–water partition coefficient (Wildman–Crippen LogP) is 1.44. The van der Waals surface area contributed by atoms with Crippen LogP contribution in [0.25, 0.3) is 0 Å². The minimum atomic E-state index is 0.854. The molecule has 0 spiro atoms. The van der Waals surface area contributed by atoms with E-state index < -0.39 is 0 Å². The summed E-state index contributed by atoms with van der Waals surface area (Å²) >= 11 is 1.70. The van der Waals surface area contributed by atoms with E-state index in [0.717, 1.165) is 30.3 Å². The maximum Gasteiger partial charge on any atom is 0.107 e. The lowest BCUT2D eigenvalue weighted by molar-refractivity contribution is 0.596. The second-order valence-electron chi connectivity index (χ2n) is 3.36. The van der Waals surface area contributed by atoms with E-state index >= 15 is 0 Å². The third-order valence-electron chi connectivity index (χ3n) is 2.05. The molecule has 0 aliphatic heterocycles. The summed E-state index contributed by atoms with van der Waals surface area (Å²) in [4.78, 5) is 8.37. The molecule has 0 radical (unpaired) electrons. The van der Waals surface area contributed by atoms with Crippen LogP contribution in [0.5, 0.6) is 0 Å². The molecule has 0 unspecified atom stereocenters. The van der Waals surface area contributed by atoms with Crippen molar-refractivity contribution in [2.75, 3.05) is 6.54 Å². The van der Waals surface area contributed by atoms with Crippen molar-refractivity contribution in [3.05, 3.63) is 34.8 Å². The van der Waals surface area contributed by atoms with Crippen LogP contribution in [0.4, 0.5) is 0 Å². The Kier molecular flexibility index (Phi) is 3.47. The minimum absolute atomic E-state index is 0.854. The van der Waals surface area contributed by atoms with Gasteiger partial charge in [0.15, 0.2) is 0 Å². The SMILES string of the molecule is Cc1csc(CNCCn2ccnc2)n1. The summed E-state index contributed by atoms with van der Waals surface area (Å²) < 4.78 is 2.06. The molecule has 15 heavy (non-hydrogen) atoms. The molecular weight excluding hydrogens is 208 g/mol. The molecule has 0 aliphatic carbocycles. The Morgan fingerprint density at radius 3 is 3.13 bits per heavy atom. The van der Waals surface area contributed by atoms with Gasteiger partial charge in [0.05, 0.1) is 6.33 Å². The Labute approximate surface area is 93.0 Å². The third kappa shape index (κ3) is 3.14. The van der Waals surface area contributed by atoms with Gasteiger partial charge in [0.1, 0.15) is 5.01 Å². The summed E-state index contributed by atoms with van der Waals surface area (Å²) in [7, 11) is 0. The van der Waals surface area contributed by atoms with Crippen molar-refractivity contribution in [2.45, 2.75) is 20.0 Å². The summed E-state index contributed by atoms with van der Waals surface area (Å²) in [5.41, 5.74) is 1.10. The summed E-state index contributed by atoms with van der Waals surface area (Å²) in [5.74, 6) is 0. The number of rotatable bonds is 5. The predicted molar refractivity (Wildman–Crippen MR) is 60.8 cm³/mol. The fourth-order valence-electron chi connectivity index (χ4n) is 1.31. The molecule has 4 nitrogen and oxygen atoms in total. The van der Waals surface area contributed by atoms with E-state index in [1.807, 2.05) is 19.4 Å². The quantitative estimate of drug-likeness (QED) is 0.778. The van der Waals surface area contributed by atoms with Crippen molar-refractivity contribution in [2.24, 2.45) is 0 Å². The second-order valence-corrected chi connectivity index (χ2v) is 4.30. The Balaban J connectivity index is 1.67. The first-order valence-electron chi connectivity index (χ1n) is 4.92. The Hall–Kier alpha value is -1.20. The molecule has 0 amide bonds. The fraction of sp³-hybridized carbons (Fsp3) is 0.400. The molecule has 2 aromatic rings. The van der Waals surface area contributed by atoms with Crippen molar-refractivity contribution < 1.29 is 0 Å². The average molecular weight is 222 g/mol. The number of nitrogens with one attached hydrogen (secondary N) is 1. The molecule has 0 saturated carbocycles. The van der Waals surface area contributed by atoms with Gasteiger partial charge in [0.2, 0.25) is 0 Å². The van der Waals surface area contributed by atoms with Crippen molar-refractivity contribution in [3.8, 4) is 0 Å². The van der Waals surface area contributed by atoms with Crippen LogP contribution in [0.15, 0.2) is 24.1 Å². The van der Waals surface area contributed by atoms with Crippen LogP contribution < -0.4 is 5.32 Å². The Bertz CT molecular complexity index is 393. The van der Waals surface area contributed by atoms with Crippen molar-refractivity contribution in [1.82, 2.24) is 19.9 Å². The van der Waals surface area contributed by atoms with E-state index in [-0.39, 0.29) is 0 Å². The molecule has 0 saturated heterocycles. The third-order valence-corrected chi connectivity index (χ3v) is 3.02. The smallest absolute Gasteiger partial charge is 0.107 e. The van der Waals surface area contributed by atoms with Crippen molar-refractivity contribution in [1.29, 1.82) is 0 Å². The average Bonchev–Trinajstić information content (AvgIpc) is 2.84. The van der Waals surface area contributed by atoms with Crippen LogP contribution in [0, 0.1) is 6.92 Å². The fourth-order valence-corrected chi connectivity index (χ4v) is 2.05. The normalized spacial score (nSPS) is 10.7. The number of aryl methyl sites for hydroxylation is 1. The number of hydrogen-bond acceptors (Lipinski definition) is 4. The number of imidazole rings is 1. The van der Waals surface area contributed by atoms with Gasteiger partial charge in [-0.2, -0.15) is 0 Å². The maximum atomic E-state index is 4.38. The van der Waals surface area contributed by atoms with Gasteiger partial charge in [-0.25, -0.2) is 9.97 Å². The zero-order valence-corrected chi connectivity index (χ0v) is 9.50. The van der Waals surface area contributed by atoms with Crippen molar-refractivity contribution >= 4 is 11.3 Å². The zero-order valence-electron chi connectivity index (χ0n) is 8.68. The first kappa shape index (κ1) is 10.3. The lowest BCUT2D eigenvalue weighted by Crippen LogP contribution is -2.18. The van der Waals surface area contributed by atoms with Gasteiger partial charge in [0, 0.05) is 43.1 Å². The summed E-state index contributed by atoms with van der Waals surface area (Å²) in [6.07, 6.45) is 5.59. The van der Waals surface area contributed by atoms with Crippen LogP contribution in [0.3, 0.4) is 0 Å². The standard InChI is InChI=1S/C10H14N4S/c1-9-7-15-10(13-9)6-11-2-4-14-5-3-12-8-14/h3,5,7-8,11H,2,4,6H2,1H3. The monoisotopic (exact) mass is 222 g/mol. The first-order chi connectivity index (χ1) is 7.34. The van der Waals surface area contributed by atoms with Crippen LogP contribution in [0.2, 0.25) is 0 Å². The molecule has 2 heterocycles.